The molecule has 1 heterocycles. The Bertz CT molecular complexity index is 465. The van der Waals surface area contributed by atoms with Crippen LogP contribution in [0.3, 0.4) is 0 Å². The van der Waals surface area contributed by atoms with Crippen LogP contribution in [0.5, 0.6) is 0 Å². The molecule has 0 aromatic heterocycles. The van der Waals surface area contributed by atoms with Crippen molar-refractivity contribution >= 4 is 12.0 Å². The molecule has 1 aromatic carbocycles. The maximum Gasteiger partial charge on any atom is 0.233 e. The van der Waals surface area contributed by atoms with Crippen molar-refractivity contribution in [2.24, 2.45) is 0 Å². The Morgan fingerprint density at radius 1 is 1.41 bits per heavy atom. The molecule has 3 heteroatoms. The summed E-state index contributed by atoms with van der Waals surface area (Å²) in [7, 11) is 1.77. The van der Waals surface area contributed by atoms with Gasteiger partial charge in [0.1, 0.15) is 0 Å². The number of aliphatic hydroxyl groups is 1. The first-order valence-electron chi connectivity index (χ1n) is 5.82. The van der Waals surface area contributed by atoms with E-state index in [1.807, 2.05) is 31.2 Å². The number of likely N-dealkylation sites (N-methyl/N-ethyl adjacent to an activating group) is 1. The van der Waals surface area contributed by atoms with Gasteiger partial charge in [-0.1, -0.05) is 18.2 Å². The number of rotatable bonds is 2. The number of hydrogen-bond donors (Lipinski definition) is 1. The van der Waals surface area contributed by atoms with E-state index in [4.69, 9.17) is 5.11 Å². The van der Waals surface area contributed by atoms with Crippen molar-refractivity contribution in [3.05, 3.63) is 41.1 Å². The van der Waals surface area contributed by atoms with Gasteiger partial charge in [0.25, 0.3) is 0 Å². The maximum absolute atomic E-state index is 12.0. The first kappa shape index (κ1) is 11.9. The van der Waals surface area contributed by atoms with Crippen LogP contribution in [0, 0.1) is 0 Å². The van der Waals surface area contributed by atoms with E-state index in [1.165, 1.54) is 0 Å². The van der Waals surface area contributed by atoms with Gasteiger partial charge < -0.3 is 10.0 Å². The number of carbonyl (C=O) groups excluding carboxylic acids is 1. The summed E-state index contributed by atoms with van der Waals surface area (Å²) in [5.74, 6) is -0.0110. The summed E-state index contributed by atoms with van der Waals surface area (Å²) in [6.45, 7) is 2.08. The molecule has 1 N–H and O–H groups in total. The van der Waals surface area contributed by atoms with Crippen molar-refractivity contribution in [1.82, 2.24) is 4.90 Å². The van der Waals surface area contributed by atoms with Gasteiger partial charge >= 0.3 is 0 Å². The summed E-state index contributed by atoms with van der Waals surface area (Å²) in [4.78, 5) is 13.6. The number of carbonyl (C=O) groups is 1. The fourth-order valence-corrected chi connectivity index (χ4v) is 2.15. The summed E-state index contributed by atoms with van der Waals surface area (Å²) in [5.41, 5.74) is 3.22. The minimum absolute atomic E-state index is 0.106. The molecule has 0 spiro atoms. The Balaban J connectivity index is 2.44. The minimum Gasteiger partial charge on any atom is -0.396 e. The number of benzene rings is 1. The predicted octanol–water partition coefficient (Wildman–Crippen LogP) is 1.77. The first-order chi connectivity index (χ1) is 8.13. The van der Waals surface area contributed by atoms with Crippen molar-refractivity contribution in [3.63, 3.8) is 0 Å². The highest BCUT2D eigenvalue weighted by atomic mass is 16.2. The van der Waals surface area contributed by atoms with Crippen LogP contribution in [-0.2, 0) is 11.2 Å². The molecule has 0 radical (unpaired) electrons. The monoisotopic (exact) mass is 231 g/mol. The molecule has 2 rings (SSSR count). The van der Waals surface area contributed by atoms with E-state index in [0.717, 1.165) is 16.7 Å². The summed E-state index contributed by atoms with van der Waals surface area (Å²) in [6.07, 6.45) is 4.41. The normalized spacial score (nSPS) is 19.1. The second-order valence-corrected chi connectivity index (χ2v) is 4.42. The second-order valence-electron chi connectivity index (χ2n) is 4.42. The van der Waals surface area contributed by atoms with Crippen molar-refractivity contribution in [1.29, 1.82) is 0 Å². The van der Waals surface area contributed by atoms with Crippen molar-refractivity contribution in [2.75, 3.05) is 13.7 Å². The van der Waals surface area contributed by atoms with Crippen LogP contribution in [-0.4, -0.2) is 29.6 Å². The lowest BCUT2D eigenvalue weighted by Crippen LogP contribution is -2.24. The molecule has 0 aliphatic carbocycles. The lowest BCUT2D eigenvalue weighted by molar-refractivity contribution is -0.128. The number of hydrogen-bond acceptors (Lipinski definition) is 2. The van der Waals surface area contributed by atoms with Gasteiger partial charge in [0, 0.05) is 19.9 Å². The highest BCUT2D eigenvalue weighted by molar-refractivity contribution is 5.87. The van der Waals surface area contributed by atoms with Gasteiger partial charge in [0.05, 0.1) is 5.92 Å². The van der Waals surface area contributed by atoms with Crippen LogP contribution >= 0.6 is 0 Å². The first-order valence-corrected chi connectivity index (χ1v) is 5.82. The highest BCUT2D eigenvalue weighted by Crippen LogP contribution is 2.27. The second kappa shape index (κ2) is 4.72. The molecule has 90 valence electrons. The molecule has 0 fully saturated rings. The van der Waals surface area contributed by atoms with Crippen molar-refractivity contribution in [2.45, 2.75) is 19.3 Å². The van der Waals surface area contributed by atoms with Gasteiger partial charge in [-0.2, -0.15) is 0 Å². The Labute approximate surface area is 101 Å². The predicted molar refractivity (Wildman–Crippen MR) is 67.5 cm³/mol. The highest BCUT2D eigenvalue weighted by Gasteiger charge is 2.22. The lowest BCUT2D eigenvalue weighted by atomic mass is 9.93. The molecule has 1 amide bonds. The van der Waals surface area contributed by atoms with Crippen molar-refractivity contribution in [3.8, 4) is 0 Å². The third-order valence-electron chi connectivity index (χ3n) is 3.21. The Hall–Kier alpha value is -1.61. The standard InChI is InChI=1S/C14H17NO2/c1-10-13-4-3-11(6-8-16)9-12(13)5-7-15(2)14(10)17/h3-5,7,9-10,16H,6,8H2,1-2H3/t10-/m1/s1. The number of aliphatic hydroxyl groups excluding tert-OH is 1. The molecule has 3 nitrogen and oxygen atoms in total. The maximum atomic E-state index is 12.0. The molecular weight excluding hydrogens is 214 g/mol. The zero-order valence-electron chi connectivity index (χ0n) is 10.2. The molecule has 1 aromatic rings. The number of fused-ring (bicyclic) bond motifs is 1. The molecule has 0 saturated carbocycles. The SMILES string of the molecule is C[C@H]1C(=O)N(C)C=Cc2cc(CCO)ccc21. The van der Waals surface area contributed by atoms with E-state index in [2.05, 4.69) is 0 Å². The van der Waals surface area contributed by atoms with Gasteiger partial charge in [-0.3, -0.25) is 4.79 Å². The van der Waals surface area contributed by atoms with Gasteiger partial charge in [0.2, 0.25) is 5.91 Å². The van der Waals surface area contributed by atoms with E-state index in [9.17, 15) is 4.79 Å². The third-order valence-corrected chi connectivity index (χ3v) is 3.21. The molecule has 0 bridgehead atoms. The zero-order chi connectivity index (χ0) is 12.4. The van der Waals surface area contributed by atoms with Gasteiger partial charge in [-0.25, -0.2) is 0 Å². The van der Waals surface area contributed by atoms with Gasteiger partial charge in [-0.05, 0) is 36.1 Å². The van der Waals surface area contributed by atoms with Gasteiger partial charge in [0.15, 0.2) is 0 Å². The Morgan fingerprint density at radius 3 is 2.88 bits per heavy atom. The fourth-order valence-electron chi connectivity index (χ4n) is 2.15. The van der Waals surface area contributed by atoms with Crippen LogP contribution < -0.4 is 0 Å². The molecule has 1 aliphatic heterocycles. The average molecular weight is 231 g/mol. The lowest BCUT2D eigenvalue weighted by Gasteiger charge is -2.16. The molecule has 1 atom stereocenters. The van der Waals surface area contributed by atoms with E-state index in [0.29, 0.717) is 6.42 Å². The summed E-state index contributed by atoms with van der Waals surface area (Å²) >= 11 is 0. The van der Waals surface area contributed by atoms with E-state index in [-0.39, 0.29) is 18.4 Å². The van der Waals surface area contributed by atoms with Crippen LogP contribution in [0.1, 0.15) is 29.5 Å². The average Bonchev–Trinajstić information content (AvgIpc) is 2.43. The smallest absolute Gasteiger partial charge is 0.233 e. The molecule has 17 heavy (non-hydrogen) atoms. The van der Waals surface area contributed by atoms with Crippen LogP contribution in [0.4, 0.5) is 0 Å². The van der Waals surface area contributed by atoms with Crippen LogP contribution in [0.15, 0.2) is 24.4 Å². The summed E-state index contributed by atoms with van der Waals surface area (Å²) < 4.78 is 0. The van der Waals surface area contributed by atoms with Crippen LogP contribution in [0.2, 0.25) is 0 Å². The molecular formula is C14H17NO2. The van der Waals surface area contributed by atoms with Gasteiger partial charge in [-0.15, -0.1) is 0 Å². The topological polar surface area (TPSA) is 40.5 Å². The molecule has 0 unspecified atom stereocenters. The zero-order valence-corrected chi connectivity index (χ0v) is 10.2. The summed E-state index contributed by atoms with van der Waals surface area (Å²) in [6, 6.07) is 6.02. The van der Waals surface area contributed by atoms with E-state index < -0.39 is 0 Å². The number of amides is 1. The fraction of sp³-hybridized carbons (Fsp3) is 0.357. The van der Waals surface area contributed by atoms with Crippen molar-refractivity contribution < 1.29 is 9.90 Å². The Kier molecular flexibility index (Phi) is 3.29. The largest absolute Gasteiger partial charge is 0.396 e. The molecule has 1 aliphatic rings. The third kappa shape index (κ3) is 2.24. The molecule has 0 saturated heterocycles. The quantitative estimate of drug-likeness (QED) is 0.842. The summed E-state index contributed by atoms with van der Waals surface area (Å²) in [5, 5.41) is 8.94. The van der Waals surface area contributed by atoms with E-state index in [1.54, 1.807) is 18.1 Å². The number of nitrogens with zero attached hydrogens (tertiary/aromatic N) is 1. The Morgan fingerprint density at radius 2 is 2.18 bits per heavy atom. The minimum atomic E-state index is -0.117. The van der Waals surface area contributed by atoms with Crippen LogP contribution in [0.25, 0.3) is 6.08 Å². The van der Waals surface area contributed by atoms with E-state index >= 15 is 0 Å².